The first kappa shape index (κ1) is 14.6. The topological polar surface area (TPSA) is 55.8 Å². The predicted molar refractivity (Wildman–Crippen MR) is 80.6 cm³/mol. The Morgan fingerprint density at radius 3 is 2.38 bits per heavy atom. The van der Waals surface area contributed by atoms with Crippen molar-refractivity contribution in [1.29, 1.82) is 0 Å². The maximum atomic E-state index is 11.0. The van der Waals surface area contributed by atoms with Crippen LogP contribution in [0, 0.1) is 5.92 Å². The molecule has 1 N–H and O–H groups in total. The Kier molecular flexibility index (Phi) is 3.19. The van der Waals surface area contributed by atoms with Crippen LogP contribution in [-0.4, -0.2) is 29.4 Å². The fourth-order valence-electron chi connectivity index (χ4n) is 2.75. The molecule has 112 valence electrons. The van der Waals surface area contributed by atoms with Crippen molar-refractivity contribution in [2.45, 2.75) is 51.2 Å². The molecule has 1 saturated carbocycles. The van der Waals surface area contributed by atoms with Crippen LogP contribution in [0.2, 0.25) is 0 Å². The normalized spacial score (nSPS) is 29.4. The molecule has 0 bridgehead atoms. The Morgan fingerprint density at radius 2 is 1.86 bits per heavy atom. The highest BCUT2D eigenvalue weighted by molar-refractivity contribution is 6.62. The molecule has 2 unspecified atom stereocenters. The number of rotatable bonds is 3. The van der Waals surface area contributed by atoms with Gasteiger partial charge in [-0.25, -0.2) is 0 Å². The van der Waals surface area contributed by atoms with Gasteiger partial charge >= 0.3 is 13.1 Å². The molecule has 1 aromatic carbocycles. The number of carboxylic acids is 1. The maximum absolute atomic E-state index is 11.0. The predicted octanol–water partition coefficient (Wildman–Crippen LogP) is 2.17. The minimum absolute atomic E-state index is 0.130. The summed E-state index contributed by atoms with van der Waals surface area (Å²) in [6, 6.07) is 7.94. The Morgan fingerprint density at radius 1 is 1.24 bits per heavy atom. The molecular formula is C16H21BO4. The lowest BCUT2D eigenvalue weighted by atomic mass is 9.78. The van der Waals surface area contributed by atoms with Crippen LogP contribution in [0.4, 0.5) is 0 Å². The van der Waals surface area contributed by atoms with Gasteiger partial charge < -0.3 is 14.4 Å². The summed E-state index contributed by atoms with van der Waals surface area (Å²) in [5.41, 5.74) is 1.30. The fourth-order valence-corrected chi connectivity index (χ4v) is 2.75. The van der Waals surface area contributed by atoms with Crippen LogP contribution < -0.4 is 5.46 Å². The first-order valence-electron chi connectivity index (χ1n) is 7.39. The number of hydrogen-bond donors (Lipinski definition) is 1. The summed E-state index contributed by atoms with van der Waals surface area (Å²) in [6.45, 7) is 8.10. The van der Waals surface area contributed by atoms with Gasteiger partial charge in [0.25, 0.3) is 0 Å². The van der Waals surface area contributed by atoms with E-state index in [9.17, 15) is 4.79 Å². The molecule has 1 aromatic rings. The van der Waals surface area contributed by atoms with E-state index in [1.54, 1.807) is 0 Å². The Labute approximate surface area is 125 Å². The van der Waals surface area contributed by atoms with E-state index in [0.717, 1.165) is 17.4 Å². The molecule has 0 radical (unpaired) electrons. The van der Waals surface area contributed by atoms with Crippen LogP contribution >= 0.6 is 0 Å². The molecule has 1 heterocycles. The molecular weight excluding hydrogens is 267 g/mol. The minimum atomic E-state index is -0.707. The molecule has 0 amide bonds. The lowest BCUT2D eigenvalue weighted by molar-refractivity contribution is -0.138. The maximum Gasteiger partial charge on any atom is 0.494 e. The lowest BCUT2D eigenvalue weighted by Gasteiger charge is -2.32. The van der Waals surface area contributed by atoms with Gasteiger partial charge in [0.2, 0.25) is 0 Å². The van der Waals surface area contributed by atoms with Crippen molar-refractivity contribution in [3.05, 3.63) is 29.8 Å². The third-order valence-corrected chi connectivity index (χ3v) is 4.97. The summed E-state index contributed by atoms with van der Waals surface area (Å²) in [5.74, 6) is -0.815. The van der Waals surface area contributed by atoms with Crippen molar-refractivity contribution in [3.63, 3.8) is 0 Å². The van der Waals surface area contributed by atoms with E-state index >= 15 is 0 Å². The van der Waals surface area contributed by atoms with Crippen molar-refractivity contribution in [3.8, 4) is 0 Å². The zero-order valence-corrected chi connectivity index (χ0v) is 12.9. The minimum Gasteiger partial charge on any atom is -0.481 e. The van der Waals surface area contributed by atoms with Gasteiger partial charge in [-0.3, -0.25) is 4.79 Å². The van der Waals surface area contributed by atoms with Crippen LogP contribution in [0.3, 0.4) is 0 Å². The van der Waals surface area contributed by atoms with Gasteiger partial charge in [-0.15, -0.1) is 0 Å². The first-order valence-corrected chi connectivity index (χ1v) is 7.39. The molecule has 2 fully saturated rings. The highest BCUT2D eigenvalue weighted by Crippen LogP contribution is 2.47. The van der Waals surface area contributed by atoms with E-state index in [-0.39, 0.29) is 23.0 Å². The number of hydrogen-bond acceptors (Lipinski definition) is 3. The molecule has 3 rings (SSSR count). The number of benzene rings is 1. The molecule has 1 aliphatic carbocycles. The van der Waals surface area contributed by atoms with Gasteiger partial charge in [-0.05, 0) is 51.1 Å². The summed E-state index contributed by atoms with van der Waals surface area (Å²) < 4.78 is 12.1. The van der Waals surface area contributed by atoms with Crippen molar-refractivity contribution in [1.82, 2.24) is 0 Å². The van der Waals surface area contributed by atoms with E-state index in [1.807, 2.05) is 52.0 Å². The first-order chi connectivity index (χ1) is 9.71. The molecule has 5 heteroatoms. The molecule has 1 saturated heterocycles. The van der Waals surface area contributed by atoms with Gasteiger partial charge in [-0.1, -0.05) is 24.3 Å². The zero-order chi connectivity index (χ0) is 15.4. The van der Waals surface area contributed by atoms with Crippen molar-refractivity contribution in [2.24, 2.45) is 5.92 Å². The molecule has 0 spiro atoms. The molecule has 2 aliphatic rings. The van der Waals surface area contributed by atoms with E-state index in [2.05, 4.69) is 0 Å². The molecule has 0 aromatic heterocycles. The second-order valence-electron chi connectivity index (χ2n) is 7.05. The largest absolute Gasteiger partial charge is 0.494 e. The van der Waals surface area contributed by atoms with Crippen LogP contribution in [0.1, 0.15) is 45.6 Å². The van der Waals surface area contributed by atoms with Gasteiger partial charge in [0.05, 0.1) is 17.1 Å². The number of aliphatic carboxylic acids is 1. The van der Waals surface area contributed by atoms with Crippen LogP contribution in [0.5, 0.6) is 0 Å². The van der Waals surface area contributed by atoms with Crippen molar-refractivity contribution in [2.75, 3.05) is 0 Å². The fraction of sp³-hybridized carbons (Fsp3) is 0.562. The molecule has 1 aliphatic heterocycles. The number of carboxylic acid groups (broad SMARTS) is 1. The summed E-state index contributed by atoms with van der Waals surface area (Å²) in [5, 5.41) is 9.05. The van der Waals surface area contributed by atoms with E-state index in [0.29, 0.717) is 0 Å². The summed E-state index contributed by atoms with van der Waals surface area (Å²) in [6.07, 6.45) is 0.724. The second kappa shape index (κ2) is 4.58. The average molecular weight is 288 g/mol. The molecule has 4 nitrogen and oxygen atoms in total. The van der Waals surface area contributed by atoms with E-state index < -0.39 is 13.1 Å². The number of carbonyl (C=O) groups is 1. The van der Waals surface area contributed by atoms with Crippen molar-refractivity contribution < 1.29 is 19.2 Å². The van der Waals surface area contributed by atoms with Crippen LogP contribution in [-0.2, 0) is 14.1 Å². The SMILES string of the molecule is CC1(C)OB(c2cccc(C3CC3C(=O)O)c2)OC1(C)C. The van der Waals surface area contributed by atoms with Gasteiger partial charge in [0, 0.05) is 0 Å². The van der Waals surface area contributed by atoms with Gasteiger partial charge in [0.15, 0.2) is 0 Å². The third-order valence-electron chi connectivity index (χ3n) is 4.97. The summed E-state index contributed by atoms with van der Waals surface area (Å²) in [7, 11) is -0.392. The van der Waals surface area contributed by atoms with E-state index in [1.165, 1.54) is 0 Å². The Balaban J connectivity index is 1.81. The highest BCUT2D eigenvalue weighted by Gasteiger charge is 2.52. The molecule has 21 heavy (non-hydrogen) atoms. The van der Waals surface area contributed by atoms with Crippen LogP contribution in [0.15, 0.2) is 24.3 Å². The molecule has 2 atom stereocenters. The quantitative estimate of drug-likeness (QED) is 0.866. The zero-order valence-electron chi connectivity index (χ0n) is 12.9. The van der Waals surface area contributed by atoms with E-state index in [4.69, 9.17) is 14.4 Å². The Bertz CT molecular complexity index is 565. The van der Waals surface area contributed by atoms with Crippen molar-refractivity contribution >= 4 is 18.6 Å². The standard InChI is InChI=1S/C16H21BO4/c1-15(2)16(3,4)21-17(20-15)11-7-5-6-10(8-11)12-9-13(12)14(18)19/h5-8,12-13H,9H2,1-4H3,(H,18,19). The van der Waals surface area contributed by atoms with Gasteiger partial charge in [-0.2, -0.15) is 0 Å². The lowest BCUT2D eigenvalue weighted by Crippen LogP contribution is -2.41. The summed E-state index contributed by atoms with van der Waals surface area (Å²) in [4.78, 5) is 11.0. The van der Waals surface area contributed by atoms with Gasteiger partial charge in [0.1, 0.15) is 0 Å². The highest BCUT2D eigenvalue weighted by atomic mass is 16.7. The summed E-state index contributed by atoms with van der Waals surface area (Å²) >= 11 is 0. The third kappa shape index (κ3) is 2.49. The monoisotopic (exact) mass is 288 g/mol. The Hall–Kier alpha value is -1.33. The second-order valence-corrected chi connectivity index (χ2v) is 7.05. The smallest absolute Gasteiger partial charge is 0.481 e. The average Bonchev–Trinajstić information content (AvgIpc) is 3.14. The van der Waals surface area contributed by atoms with Crippen LogP contribution in [0.25, 0.3) is 0 Å².